The van der Waals surface area contributed by atoms with Gasteiger partial charge in [-0.3, -0.25) is 9.59 Å². The number of rotatable bonds is 3. The highest BCUT2D eigenvalue weighted by Crippen LogP contribution is 2.31. The summed E-state index contributed by atoms with van der Waals surface area (Å²) >= 11 is 0. The Hall–Kier alpha value is -1.64. The smallest absolute Gasteiger partial charge is 0.306 e. The van der Waals surface area contributed by atoms with Crippen molar-refractivity contribution in [1.82, 2.24) is 0 Å². The molecule has 3 nitrogen and oxygen atoms in total. The van der Waals surface area contributed by atoms with Crippen molar-refractivity contribution in [3.63, 3.8) is 0 Å². The lowest BCUT2D eigenvalue weighted by atomic mass is 9.78. The Morgan fingerprint density at radius 3 is 2.61 bits per heavy atom. The number of Topliss-reactive ketones (excluding diaryl/α,β-unsaturated/α-hetero) is 1. The van der Waals surface area contributed by atoms with Crippen molar-refractivity contribution in [3.05, 3.63) is 35.4 Å². The zero-order valence-electron chi connectivity index (χ0n) is 10.6. The number of hydrogen-bond acceptors (Lipinski definition) is 2. The van der Waals surface area contributed by atoms with Crippen LogP contribution < -0.4 is 0 Å². The number of aliphatic carboxylic acids is 1. The van der Waals surface area contributed by atoms with Gasteiger partial charge >= 0.3 is 5.97 Å². The fraction of sp³-hybridized carbons (Fsp3) is 0.467. The Balaban J connectivity index is 2.11. The van der Waals surface area contributed by atoms with Gasteiger partial charge in [0, 0.05) is 11.5 Å². The summed E-state index contributed by atoms with van der Waals surface area (Å²) in [5, 5.41) is 9.04. The molecule has 2 atom stereocenters. The van der Waals surface area contributed by atoms with Gasteiger partial charge in [-0.15, -0.1) is 0 Å². The normalized spacial score (nSPS) is 23.6. The number of hydrogen-bond donors (Lipinski definition) is 1. The van der Waals surface area contributed by atoms with E-state index in [1.807, 2.05) is 31.2 Å². The third-order valence-corrected chi connectivity index (χ3v) is 3.70. The number of carboxylic acids is 1. The molecule has 1 aromatic rings. The van der Waals surface area contributed by atoms with Crippen LogP contribution in [0.3, 0.4) is 0 Å². The lowest BCUT2D eigenvalue weighted by molar-refractivity contribution is -0.143. The minimum absolute atomic E-state index is 0.102. The summed E-state index contributed by atoms with van der Waals surface area (Å²) < 4.78 is 0. The van der Waals surface area contributed by atoms with Gasteiger partial charge in [0.1, 0.15) is 0 Å². The minimum Gasteiger partial charge on any atom is -0.481 e. The first-order chi connectivity index (χ1) is 8.58. The first kappa shape index (κ1) is 12.8. The topological polar surface area (TPSA) is 54.4 Å². The highest BCUT2D eigenvalue weighted by Gasteiger charge is 2.31. The molecule has 2 rings (SSSR count). The number of ketones is 1. The van der Waals surface area contributed by atoms with Crippen molar-refractivity contribution in [1.29, 1.82) is 0 Å². The largest absolute Gasteiger partial charge is 0.481 e. The summed E-state index contributed by atoms with van der Waals surface area (Å²) in [6.07, 6.45) is 2.84. The Labute approximate surface area is 107 Å². The van der Waals surface area contributed by atoms with E-state index in [1.165, 1.54) is 0 Å². The first-order valence-corrected chi connectivity index (χ1v) is 6.41. The van der Waals surface area contributed by atoms with Crippen LogP contribution in [-0.4, -0.2) is 16.9 Å². The van der Waals surface area contributed by atoms with E-state index >= 15 is 0 Å². The molecule has 0 amide bonds. The predicted molar refractivity (Wildman–Crippen MR) is 68.6 cm³/mol. The van der Waals surface area contributed by atoms with E-state index in [0.717, 1.165) is 18.4 Å². The second-order valence-electron chi connectivity index (χ2n) is 5.13. The Kier molecular flexibility index (Phi) is 3.80. The molecule has 0 aromatic heterocycles. The summed E-state index contributed by atoms with van der Waals surface area (Å²) in [5.41, 5.74) is 1.78. The quantitative estimate of drug-likeness (QED) is 0.834. The van der Waals surface area contributed by atoms with Crippen molar-refractivity contribution in [2.45, 2.75) is 32.6 Å². The van der Waals surface area contributed by atoms with E-state index in [1.54, 1.807) is 0 Å². The van der Waals surface area contributed by atoms with Crippen LogP contribution in [0.2, 0.25) is 0 Å². The molecule has 1 aliphatic rings. The fourth-order valence-corrected chi connectivity index (χ4v) is 2.69. The van der Waals surface area contributed by atoms with E-state index in [2.05, 4.69) is 0 Å². The summed E-state index contributed by atoms with van der Waals surface area (Å²) in [5.74, 6) is -1.14. The molecule has 1 fully saturated rings. The van der Waals surface area contributed by atoms with Gasteiger partial charge < -0.3 is 5.11 Å². The average molecular weight is 246 g/mol. The Morgan fingerprint density at radius 1 is 1.22 bits per heavy atom. The number of benzene rings is 1. The van der Waals surface area contributed by atoms with Gasteiger partial charge in [0.15, 0.2) is 5.78 Å². The van der Waals surface area contributed by atoms with Crippen molar-refractivity contribution < 1.29 is 14.7 Å². The van der Waals surface area contributed by atoms with Crippen molar-refractivity contribution in [3.8, 4) is 0 Å². The predicted octanol–water partition coefficient (Wildman–Crippen LogP) is 3.07. The molecule has 1 saturated carbocycles. The zero-order valence-corrected chi connectivity index (χ0v) is 10.6. The van der Waals surface area contributed by atoms with Gasteiger partial charge in [-0.05, 0) is 32.3 Å². The molecule has 0 heterocycles. The highest BCUT2D eigenvalue weighted by atomic mass is 16.4. The fourth-order valence-electron chi connectivity index (χ4n) is 2.69. The third-order valence-electron chi connectivity index (χ3n) is 3.70. The van der Waals surface area contributed by atoms with Crippen LogP contribution in [0.5, 0.6) is 0 Å². The Morgan fingerprint density at radius 2 is 1.94 bits per heavy atom. The standard InChI is InChI=1S/C15H18O3/c1-10-4-2-5-11(8-10)14(16)12-6-3-7-13(9-12)15(17)18/h2,4-5,8,12-13H,3,6-7,9H2,1H3,(H,17,18)/t12-,13+/m0/s1. The molecule has 0 aliphatic heterocycles. The van der Waals surface area contributed by atoms with Crippen LogP contribution in [0.15, 0.2) is 24.3 Å². The molecule has 1 aliphatic carbocycles. The van der Waals surface area contributed by atoms with Crippen molar-refractivity contribution in [2.24, 2.45) is 11.8 Å². The van der Waals surface area contributed by atoms with Gasteiger partial charge in [-0.2, -0.15) is 0 Å². The van der Waals surface area contributed by atoms with Gasteiger partial charge in [0.25, 0.3) is 0 Å². The summed E-state index contributed by atoms with van der Waals surface area (Å²) in [6, 6.07) is 7.53. The van der Waals surface area contributed by atoms with E-state index in [0.29, 0.717) is 18.4 Å². The molecule has 3 heteroatoms. The SMILES string of the molecule is Cc1cccc(C(=O)[C@H]2CCC[C@@H](C(=O)O)C2)c1. The average Bonchev–Trinajstić information content (AvgIpc) is 2.38. The molecule has 18 heavy (non-hydrogen) atoms. The maximum absolute atomic E-state index is 12.3. The van der Waals surface area contributed by atoms with Crippen molar-refractivity contribution >= 4 is 11.8 Å². The van der Waals surface area contributed by atoms with Crippen molar-refractivity contribution in [2.75, 3.05) is 0 Å². The summed E-state index contributed by atoms with van der Waals surface area (Å²) in [7, 11) is 0. The van der Waals surface area contributed by atoms with Gasteiger partial charge in [0.2, 0.25) is 0 Å². The monoisotopic (exact) mass is 246 g/mol. The Bertz CT molecular complexity index is 465. The molecule has 0 saturated heterocycles. The summed E-state index contributed by atoms with van der Waals surface area (Å²) in [6.45, 7) is 1.96. The molecule has 0 spiro atoms. The summed E-state index contributed by atoms with van der Waals surface area (Å²) in [4.78, 5) is 23.3. The molecule has 1 N–H and O–H groups in total. The third kappa shape index (κ3) is 2.78. The second kappa shape index (κ2) is 5.34. The lowest BCUT2D eigenvalue weighted by Crippen LogP contribution is -2.27. The zero-order chi connectivity index (χ0) is 13.1. The minimum atomic E-state index is -0.767. The number of carbonyl (C=O) groups is 2. The molecule has 96 valence electrons. The number of carboxylic acid groups (broad SMARTS) is 1. The number of carbonyl (C=O) groups excluding carboxylic acids is 1. The van der Waals surface area contributed by atoms with Crippen LogP contribution in [0.1, 0.15) is 41.6 Å². The first-order valence-electron chi connectivity index (χ1n) is 6.41. The van der Waals surface area contributed by atoms with E-state index < -0.39 is 5.97 Å². The molecular formula is C15H18O3. The van der Waals surface area contributed by atoms with Crippen LogP contribution in [-0.2, 0) is 4.79 Å². The van der Waals surface area contributed by atoms with Gasteiger partial charge in [-0.1, -0.05) is 30.2 Å². The maximum atomic E-state index is 12.3. The molecule has 0 bridgehead atoms. The molecule has 0 unspecified atom stereocenters. The van der Waals surface area contributed by atoms with Crippen LogP contribution in [0, 0.1) is 18.8 Å². The van der Waals surface area contributed by atoms with Gasteiger partial charge in [-0.25, -0.2) is 0 Å². The van der Waals surface area contributed by atoms with Gasteiger partial charge in [0.05, 0.1) is 5.92 Å². The van der Waals surface area contributed by atoms with Crippen LogP contribution >= 0.6 is 0 Å². The lowest BCUT2D eigenvalue weighted by Gasteiger charge is -2.25. The van der Waals surface area contributed by atoms with E-state index in [4.69, 9.17) is 5.11 Å². The highest BCUT2D eigenvalue weighted by molar-refractivity contribution is 5.98. The second-order valence-corrected chi connectivity index (χ2v) is 5.13. The maximum Gasteiger partial charge on any atom is 0.306 e. The van der Waals surface area contributed by atoms with E-state index in [-0.39, 0.29) is 17.6 Å². The van der Waals surface area contributed by atoms with Crippen LogP contribution in [0.25, 0.3) is 0 Å². The molecular weight excluding hydrogens is 228 g/mol. The number of aryl methyl sites for hydroxylation is 1. The van der Waals surface area contributed by atoms with Crippen LogP contribution in [0.4, 0.5) is 0 Å². The molecule has 0 radical (unpaired) electrons. The molecule has 1 aromatic carbocycles. The van der Waals surface area contributed by atoms with E-state index in [9.17, 15) is 9.59 Å².